The SMILES string of the molecule is Cc1csc(NN=Cc2cc(F)cc(Br)c2Br)n1. The second-order valence-corrected chi connectivity index (χ2v) is 5.96. The number of halogens is 3. The fourth-order valence-electron chi connectivity index (χ4n) is 1.23. The Bertz CT molecular complexity index is 598. The Morgan fingerprint density at radius 1 is 1.44 bits per heavy atom. The van der Waals surface area contributed by atoms with E-state index in [0.717, 1.165) is 10.2 Å². The molecular formula is C11H8Br2FN3S. The van der Waals surface area contributed by atoms with E-state index in [1.54, 1.807) is 0 Å². The highest BCUT2D eigenvalue weighted by Gasteiger charge is 2.05. The fraction of sp³-hybridized carbons (Fsp3) is 0.0909. The molecule has 0 saturated carbocycles. The minimum Gasteiger partial charge on any atom is -0.253 e. The predicted molar refractivity (Wildman–Crippen MR) is 79.9 cm³/mol. The third kappa shape index (κ3) is 3.37. The van der Waals surface area contributed by atoms with E-state index in [2.05, 4.69) is 47.4 Å². The smallest absolute Gasteiger partial charge is 0.203 e. The molecule has 1 N–H and O–H groups in total. The monoisotopic (exact) mass is 391 g/mol. The van der Waals surface area contributed by atoms with Crippen LogP contribution in [-0.2, 0) is 0 Å². The van der Waals surface area contributed by atoms with Crippen LogP contribution in [0.1, 0.15) is 11.3 Å². The minimum atomic E-state index is -0.323. The first kappa shape index (κ1) is 13.6. The number of thiazole rings is 1. The molecule has 0 amide bonds. The van der Waals surface area contributed by atoms with Crippen molar-refractivity contribution in [2.45, 2.75) is 6.92 Å². The Labute approximate surface area is 124 Å². The van der Waals surface area contributed by atoms with E-state index in [0.29, 0.717) is 15.2 Å². The Morgan fingerprint density at radius 3 is 2.89 bits per heavy atom. The lowest BCUT2D eigenvalue weighted by Gasteiger charge is -2.01. The largest absolute Gasteiger partial charge is 0.253 e. The van der Waals surface area contributed by atoms with Gasteiger partial charge < -0.3 is 0 Å². The van der Waals surface area contributed by atoms with Crippen molar-refractivity contribution in [2.24, 2.45) is 5.10 Å². The minimum absolute atomic E-state index is 0.323. The summed E-state index contributed by atoms with van der Waals surface area (Å²) in [7, 11) is 0. The van der Waals surface area contributed by atoms with Gasteiger partial charge in [0.2, 0.25) is 5.13 Å². The standard InChI is InChI=1S/C11H8Br2FN3S/c1-6-5-18-11(16-6)17-15-4-7-2-8(14)3-9(12)10(7)13/h2-5H,1H3,(H,16,17). The average molecular weight is 393 g/mol. The molecule has 3 nitrogen and oxygen atoms in total. The number of nitrogens with zero attached hydrogens (tertiary/aromatic N) is 2. The van der Waals surface area contributed by atoms with Crippen molar-refractivity contribution in [1.29, 1.82) is 0 Å². The normalized spacial score (nSPS) is 11.1. The van der Waals surface area contributed by atoms with E-state index >= 15 is 0 Å². The Morgan fingerprint density at radius 2 is 2.22 bits per heavy atom. The third-order valence-electron chi connectivity index (χ3n) is 2.00. The molecule has 0 radical (unpaired) electrons. The van der Waals surface area contributed by atoms with Crippen molar-refractivity contribution in [2.75, 3.05) is 5.43 Å². The molecule has 0 fully saturated rings. The van der Waals surface area contributed by atoms with Gasteiger partial charge in [-0.3, -0.25) is 5.43 Å². The summed E-state index contributed by atoms with van der Waals surface area (Å²) >= 11 is 8.08. The van der Waals surface area contributed by atoms with Crippen molar-refractivity contribution in [3.63, 3.8) is 0 Å². The molecule has 2 rings (SSSR count). The number of nitrogens with one attached hydrogen (secondary N) is 1. The van der Waals surface area contributed by atoms with E-state index in [9.17, 15) is 4.39 Å². The number of hydrazone groups is 1. The van der Waals surface area contributed by atoms with Gasteiger partial charge in [0.15, 0.2) is 0 Å². The lowest BCUT2D eigenvalue weighted by Crippen LogP contribution is -1.92. The first-order valence-corrected chi connectivity index (χ1v) is 7.38. The summed E-state index contributed by atoms with van der Waals surface area (Å²) in [6.45, 7) is 1.91. The van der Waals surface area contributed by atoms with Crippen LogP contribution >= 0.6 is 43.2 Å². The molecule has 2 aromatic rings. The van der Waals surface area contributed by atoms with Gasteiger partial charge in [0, 0.05) is 19.9 Å². The first-order chi connectivity index (χ1) is 8.56. The van der Waals surface area contributed by atoms with Gasteiger partial charge in [-0.05, 0) is 50.9 Å². The molecule has 1 heterocycles. The highest BCUT2D eigenvalue weighted by molar-refractivity contribution is 9.13. The predicted octanol–water partition coefficient (Wildman–Crippen LogP) is 4.56. The summed E-state index contributed by atoms with van der Waals surface area (Å²) in [6, 6.07) is 2.78. The Balaban J connectivity index is 2.14. The maximum absolute atomic E-state index is 13.2. The molecule has 0 atom stereocenters. The van der Waals surface area contributed by atoms with Gasteiger partial charge in [-0.25, -0.2) is 9.37 Å². The van der Waals surface area contributed by atoms with E-state index in [4.69, 9.17) is 0 Å². The van der Waals surface area contributed by atoms with Crippen LogP contribution < -0.4 is 5.43 Å². The Hall–Kier alpha value is -0.790. The molecule has 7 heteroatoms. The number of rotatable bonds is 3. The summed E-state index contributed by atoms with van der Waals surface area (Å²) in [4.78, 5) is 4.20. The molecule has 0 spiro atoms. The maximum atomic E-state index is 13.2. The summed E-state index contributed by atoms with van der Waals surface area (Å²) < 4.78 is 14.6. The molecule has 1 aromatic heterocycles. The molecular weight excluding hydrogens is 385 g/mol. The van der Waals surface area contributed by atoms with Crippen molar-refractivity contribution < 1.29 is 4.39 Å². The van der Waals surface area contributed by atoms with Crippen LogP contribution in [0, 0.1) is 12.7 Å². The van der Waals surface area contributed by atoms with Crippen LogP contribution in [0.4, 0.5) is 9.52 Å². The second-order valence-electron chi connectivity index (χ2n) is 3.45. The highest BCUT2D eigenvalue weighted by atomic mass is 79.9. The third-order valence-corrected chi connectivity index (χ3v) is 4.91. The average Bonchev–Trinajstić information content (AvgIpc) is 2.71. The van der Waals surface area contributed by atoms with Crippen LogP contribution in [-0.4, -0.2) is 11.2 Å². The quantitative estimate of drug-likeness (QED) is 0.472. The molecule has 0 aliphatic carbocycles. The molecule has 0 saturated heterocycles. The zero-order valence-corrected chi connectivity index (χ0v) is 13.2. The Kier molecular flexibility index (Phi) is 4.47. The first-order valence-electron chi connectivity index (χ1n) is 4.92. The van der Waals surface area contributed by atoms with Gasteiger partial charge in [0.25, 0.3) is 0 Å². The summed E-state index contributed by atoms with van der Waals surface area (Å²) in [6.07, 6.45) is 1.54. The molecule has 0 bridgehead atoms. The number of aryl methyl sites for hydroxylation is 1. The van der Waals surface area contributed by atoms with Crippen LogP contribution in [0.2, 0.25) is 0 Å². The van der Waals surface area contributed by atoms with Crippen molar-refractivity contribution >= 4 is 54.5 Å². The highest BCUT2D eigenvalue weighted by Crippen LogP contribution is 2.27. The summed E-state index contributed by atoms with van der Waals surface area (Å²) in [5.74, 6) is -0.323. The van der Waals surface area contributed by atoms with Gasteiger partial charge in [-0.15, -0.1) is 11.3 Å². The lowest BCUT2D eigenvalue weighted by atomic mass is 10.2. The van der Waals surface area contributed by atoms with Crippen molar-refractivity contribution in [3.8, 4) is 0 Å². The van der Waals surface area contributed by atoms with Crippen molar-refractivity contribution in [1.82, 2.24) is 4.98 Å². The molecule has 0 aliphatic rings. The van der Waals surface area contributed by atoms with E-state index in [1.165, 1.54) is 29.7 Å². The number of hydrogen-bond donors (Lipinski definition) is 1. The maximum Gasteiger partial charge on any atom is 0.203 e. The lowest BCUT2D eigenvalue weighted by molar-refractivity contribution is 0.626. The van der Waals surface area contributed by atoms with Crippen LogP contribution in [0.15, 0.2) is 31.6 Å². The number of anilines is 1. The molecule has 18 heavy (non-hydrogen) atoms. The molecule has 0 unspecified atom stereocenters. The molecule has 0 aliphatic heterocycles. The van der Waals surface area contributed by atoms with E-state index in [1.807, 2.05) is 12.3 Å². The fourth-order valence-corrected chi connectivity index (χ4v) is 2.65. The summed E-state index contributed by atoms with van der Waals surface area (Å²) in [5, 5.41) is 6.65. The van der Waals surface area contributed by atoms with Crippen LogP contribution in [0.3, 0.4) is 0 Å². The van der Waals surface area contributed by atoms with Gasteiger partial charge in [-0.2, -0.15) is 5.10 Å². The van der Waals surface area contributed by atoms with E-state index in [-0.39, 0.29) is 5.82 Å². The zero-order valence-electron chi connectivity index (χ0n) is 9.25. The van der Waals surface area contributed by atoms with Gasteiger partial charge in [0.1, 0.15) is 5.82 Å². The molecule has 1 aromatic carbocycles. The number of benzene rings is 1. The van der Waals surface area contributed by atoms with Crippen LogP contribution in [0.25, 0.3) is 0 Å². The summed E-state index contributed by atoms with van der Waals surface area (Å²) in [5.41, 5.74) is 4.38. The van der Waals surface area contributed by atoms with Gasteiger partial charge in [-0.1, -0.05) is 0 Å². The topological polar surface area (TPSA) is 37.3 Å². The second kappa shape index (κ2) is 5.90. The van der Waals surface area contributed by atoms with Gasteiger partial charge >= 0.3 is 0 Å². The van der Waals surface area contributed by atoms with Crippen molar-refractivity contribution in [3.05, 3.63) is 43.5 Å². The molecule has 94 valence electrons. The van der Waals surface area contributed by atoms with Crippen LogP contribution in [0.5, 0.6) is 0 Å². The zero-order chi connectivity index (χ0) is 13.1. The van der Waals surface area contributed by atoms with Gasteiger partial charge in [0.05, 0.1) is 11.9 Å². The number of aromatic nitrogens is 1. The number of hydrogen-bond acceptors (Lipinski definition) is 4. The van der Waals surface area contributed by atoms with E-state index < -0.39 is 0 Å².